The summed E-state index contributed by atoms with van der Waals surface area (Å²) >= 11 is 0. The molecule has 0 saturated carbocycles. The van der Waals surface area contributed by atoms with E-state index in [0.29, 0.717) is 42.7 Å². The van der Waals surface area contributed by atoms with Gasteiger partial charge in [0.15, 0.2) is 17.5 Å². The van der Waals surface area contributed by atoms with Crippen molar-refractivity contribution in [3.63, 3.8) is 0 Å². The minimum absolute atomic E-state index is 0. The number of halogens is 1. The van der Waals surface area contributed by atoms with Gasteiger partial charge in [0.25, 0.3) is 0 Å². The zero-order chi connectivity index (χ0) is 21.5. The van der Waals surface area contributed by atoms with Crippen LogP contribution in [0.2, 0.25) is 0 Å². The number of hydrogen-bond acceptors (Lipinski definition) is 5. The second-order valence-electron chi connectivity index (χ2n) is 6.84. The summed E-state index contributed by atoms with van der Waals surface area (Å²) in [5, 5.41) is 9.53. The van der Waals surface area contributed by atoms with Gasteiger partial charge >= 0.3 is 0 Å². The number of fused-ring (bicyclic) bond motifs is 1. The topological polar surface area (TPSA) is 93.2 Å². The van der Waals surface area contributed by atoms with E-state index in [1.54, 1.807) is 28.4 Å². The number of carbonyl (C=O) groups excluding carboxylic acids is 1. The molecule has 3 rings (SSSR count). The maximum atomic E-state index is 12.0. The SMILES string of the molecule is CN=C(NCc1ccc(OC)c(OC)c1OC)NCC1CC(=O)Nc2ccccc21.I. The summed E-state index contributed by atoms with van der Waals surface area (Å²) in [7, 11) is 6.48. The number of guanidine groups is 1. The van der Waals surface area contributed by atoms with Gasteiger partial charge in [-0.15, -0.1) is 24.0 Å². The van der Waals surface area contributed by atoms with Crippen LogP contribution in [-0.4, -0.2) is 46.8 Å². The lowest BCUT2D eigenvalue weighted by Gasteiger charge is -2.26. The van der Waals surface area contributed by atoms with E-state index in [2.05, 4.69) is 20.9 Å². The van der Waals surface area contributed by atoms with Crippen molar-refractivity contribution in [1.82, 2.24) is 10.6 Å². The van der Waals surface area contributed by atoms with E-state index in [4.69, 9.17) is 14.2 Å². The molecule has 0 aromatic heterocycles. The minimum atomic E-state index is 0. The van der Waals surface area contributed by atoms with Crippen LogP contribution in [0.1, 0.15) is 23.5 Å². The van der Waals surface area contributed by atoms with Crippen LogP contribution in [0.4, 0.5) is 5.69 Å². The standard InChI is InChI=1S/C22H28N4O4.HI/c1-23-22(24-12-14-9-10-18(28-2)21(30-4)20(14)29-3)25-13-15-11-19(27)26-17-8-6-5-7-16(15)17;/h5-10,15H,11-13H2,1-4H3,(H,26,27)(H2,23,24,25);1H. The van der Waals surface area contributed by atoms with Crippen LogP contribution in [-0.2, 0) is 11.3 Å². The summed E-state index contributed by atoms with van der Waals surface area (Å²) in [6.45, 7) is 1.07. The van der Waals surface area contributed by atoms with Crippen LogP contribution in [0.3, 0.4) is 0 Å². The van der Waals surface area contributed by atoms with E-state index in [-0.39, 0.29) is 35.8 Å². The number of nitrogens with one attached hydrogen (secondary N) is 3. The van der Waals surface area contributed by atoms with Gasteiger partial charge in [0.1, 0.15) is 0 Å². The lowest BCUT2D eigenvalue weighted by atomic mass is 9.90. The van der Waals surface area contributed by atoms with Crippen LogP contribution in [0.5, 0.6) is 17.2 Å². The number of ether oxygens (including phenoxy) is 3. The highest BCUT2D eigenvalue weighted by Gasteiger charge is 2.24. The molecule has 1 amide bonds. The molecule has 1 heterocycles. The first-order valence-corrected chi connectivity index (χ1v) is 9.72. The van der Waals surface area contributed by atoms with Crippen LogP contribution in [0.25, 0.3) is 0 Å². The Morgan fingerprint density at radius 1 is 1.06 bits per heavy atom. The lowest BCUT2D eigenvalue weighted by molar-refractivity contribution is -0.116. The molecule has 2 aromatic rings. The molecule has 31 heavy (non-hydrogen) atoms. The van der Waals surface area contributed by atoms with E-state index in [0.717, 1.165) is 16.8 Å². The van der Waals surface area contributed by atoms with E-state index < -0.39 is 0 Å². The fraction of sp³-hybridized carbons (Fsp3) is 0.364. The van der Waals surface area contributed by atoms with Gasteiger partial charge in [-0.3, -0.25) is 9.79 Å². The third-order valence-corrected chi connectivity index (χ3v) is 5.08. The summed E-state index contributed by atoms with van der Waals surface area (Å²) in [6.07, 6.45) is 0.435. The molecule has 0 bridgehead atoms. The molecule has 2 aromatic carbocycles. The number of aliphatic imine (C=N–C) groups is 1. The Morgan fingerprint density at radius 2 is 1.81 bits per heavy atom. The van der Waals surface area contributed by atoms with Crippen LogP contribution in [0.15, 0.2) is 41.4 Å². The number of nitrogens with zero attached hydrogens (tertiary/aromatic N) is 1. The molecule has 1 aliphatic rings. The van der Waals surface area contributed by atoms with Gasteiger partial charge in [-0.1, -0.05) is 18.2 Å². The molecule has 9 heteroatoms. The minimum Gasteiger partial charge on any atom is -0.493 e. The van der Waals surface area contributed by atoms with Gasteiger partial charge < -0.3 is 30.2 Å². The van der Waals surface area contributed by atoms with Crippen LogP contribution >= 0.6 is 24.0 Å². The molecule has 168 valence electrons. The van der Waals surface area contributed by atoms with Gasteiger partial charge in [0.2, 0.25) is 11.7 Å². The monoisotopic (exact) mass is 540 g/mol. The Balaban J connectivity index is 0.00000341. The average molecular weight is 540 g/mol. The van der Waals surface area contributed by atoms with Crippen molar-refractivity contribution in [2.24, 2.45) is 4.99 Å². The normalized spacial score (nSPS) is 15.2. The van der Waals surface area contributed by atoms with Crippen molar-refractivity contribution in [3.8, 4) is 17.2 Å². The van der Waals surface area contributed by atoms with Crippen molar-refractivity contribution in [2.45, 2.75) is 18.9 Å². The molecular formula is C22H29IN4O4. The number of methoxy groups -OCH3 is 3. The second kappa shape index (κ2) is 11.6. The van der Waals surface area contributed by atoms with Gasteiger partial charge in [-0.05, 0) is 23.8 Å². The maximum absolute atomic E-state index is 12.0. The first kappa shape index (κ1) is 24.6. The maximum Gasteiger partial charge on any atom is 0.225 e. The van der Waals surface area contributed by atoms with E-state index in [1.165, 1.54) is 0 Å². The average Bonchev–Trinajstić information content (AvgIpc) is 2.78. The Labute approximate surface area is 199 Å². The number of amides is 1. The molecule has 0 saturated heterocycles. The molecular weight excluding hydrogens is 511 g/mol. The number of anilines is 1. The number of benzene rings is 2. The zero-order valence-electron chi connectivity index (χ0n) is 18.2. The van der Waals surface area contributed by atoms with Crippen LogP contribution in [0, 0.1) is 0 Å². The highest BCUT2D eigenvalue weighted by Crippen LogP contribution is 2.39. The fourth-order valence-corrected chi connectivity index (χ4v) is 3.61. The lowest BCUT2D eigenvalue weighted by Crippen LogP contribution is -2.40. The Kier molecular flexibility index (Phi) is 9.22. The molecule has 0 fully saturated rings. The van der Waals surface area contributed by atoms with E-state index in [9.17, 15) is 4.79 Å². The molecule has 0 spiro atoms. The molecule has 1 unspecified atom stereocenters. The van der Waals surface area contributed by atoms with Gasteiger partial charge in [-0.2, -0.15) is 0 Å². The Morgan fingerprint density at radius 3 is 2.48 bits per heavy atom. The van der Waals surface area contributed by atoms with Gasteiger partial charge in [0.05, 0.1) is 21.3 Å². The van der Waals surface area contributed by atoms with Gasteiger partial charge in [-0.25, -0.2) is 0 Å². The van der Waals surface area contributed by atoms with Crippen molar-refractivity contribution < 1.29 is 19.0 Å². The number of carbonyl (C=O) groups is 1. The molecule has 3 N–H and O–H groups in total. The first-order valence-electron chi connectivity index (χ1n) is 9.72. The Hall–Kier alpha value is -2.69. The van der Waals surface area contributed by atoms with Gasteiger partial charge in [0, 0.05) is 43.7 Å². The fourth-order valence-electron chi connectivity index (χ4n) is 3.61. The summed E-state index contributed by atoms with van der Waals surface area (Å²) in [6, 6.07) is 11.6. The Bertz CT molecular complexity index is 936. The summed E-state index contributed by atoms with van der Waals surface area (Å²) < 4.78 is 16.3. The van der Waals surface area contributed by atoms with Crippen molar-refractivity contribution in [3.05, 3.63) is 47.5 Å². The molecule has 0 radical (unpaired) electrons. The third-order valence-electron chi connectivity index (χ3n) is 5.08. The predicted molar refractivity (Wildman–Crippen MR) is 132 cm³/mol. The summed E-state index contributed by atoms with van der Waals surface area (Å²) in [5.74, 6) is 2.50. The van der Waals surface area contributed by atoms with E-state index >= 15 is 0 Å². The van der Waals surface area contributed by atoms with Crippen LogP contribution < -0.4 is 30.2 Å². The molecule has 8 nitrogen and oxygen atoms in total. The van der Waals surface area contributed by atoms with Crippen molar-refractivity contribution in [1.29, 1.82) is 0 Å². The first-order chi connectivity index (χ1) is 14.6. The summed E-state index contributed by atoms with van der Waals surface area (Å²) in [5.41, 5.74) is 2.90. The molecule has 1 atom stereocenters. The highest BCUT2D eigenvalue weighted by atomic mass is 127. The van der Waals surface area contributed by atoms with Crippen molar-refractivity contribution >= 4 is 41.5 Å². The third kappa shape index (κ3) is 5.72. The second-order valence-corrected chi connectivity index (χ2v) is 6.84. The largest absolute Gasteiger partial charge is 0.493 e. The van der Waals surface area contributed by atoms with Crippen molar-refractivity contribution in [2.75, 3.05) is 40.2 Å². The predicted octanol–water partition coefficient (Wildman–Crippen LogP) is 3.12. The molecule has 0 aliphatic carbocycles. The number of para-hydroxylation sites is 1. The zero-order valence-corrected chi connectivity index (χ0v) is 20.5. The van der Waals surface area contributed by atoms with E-state index in [1.807, 2.05) is 36.4 Å². The number of hydrogen-bond donors (Lipinski definition) is 3. The molecule has 1 aliphatic heterocycles. The highest BCUT2D eigenvalue weighted by molar-refractivity contribution is 14.0. The number of rotatable bonds is 7. The summed E-state index contributed by atoms with van der Waals surface area (Å²) in [4.78, 5) is 16.3. The smallest absolute Gasteiger partial charge is 0.225 e. The quantitative estimate of drug-likeness (QED) is 0.284.